The van der Waals surface area contributed by atoms with E-state index in [-0.39, 0.29) is 24.1 Å². The van der Waals surface area contributed by atoms with Crippen molar-refractivity contribution in [2.75, 3.05) is 0 Å². The molecule has 0 fully saturated rings. The summed E-state index contributed by atoms with van der Waals surface area (Å²) in [6, 6.07) is 16.7. The Balaban J connectivity index is 1.44. The van der Waals surface area contributed by atoms with Crippen LogP contribution in [-0.4, -0.2) is 25.4 Å². The van der Waals surface area contributed by atoms with Gasteiger partial charge in [-0.1, -0.05) is 54.6 Å². The predicted molar refractivity (Wildman–Crippen MR) is 119 cm³/mol. The molecule has 0 saturated heterocycles. The van der Waals surface area contributed by atoms with Crippen molar-refractivity contribution in [2.24, 2.45) is 0 Å². The van der Waals surface area contributed by atoms with E-state index in [9.17, 15) is 13.2 Å². The molecule has 0 atom stereocenters. The fourth-order valence-corrected chi connectivity index (χ4v) is 4.48. The molecular weight excluding hydrogens is 414 g/mol. The highest BCUT2D eigenvalue weighted by atomic mass is 32.2. The van der Waals surface area contributed by atoms with Gasteiger partial charge < -0.3 is 9.73 Å². The molecular formula is C23H27N3O4S. The van der Waals surface area contributed by atoms with Crippen LogP contribution in [-0.2, 0) is 33.5 Å². The molecule has 31 heavy (non-hydrogen) atoms. The number of aryl methyl sites for hydroxylation is 1. The summed E-state index contributed by atoms with van der Waals surface area (Å²) in [7, 11) is -3.36. The fraction of sp³-hybridized carbons (Fsp3) is 0.304. The van der Waals surface area contributed by atoms with Gasteiger partial charge in [0.05, 0.1) is 11.9 Å². The maximum absolute atomic E-state index is 12.2. The van der Waals surface area contributed by atoms with E-state index in [0.29, 0.717) is 30.2 Å². The quantitative estimate of drug-likeness (QED) is 0.502. The minimum Gasteiger partial charge on any atom is -0.441 e. The van der Waals surface area contributed by atoms with Crippen LogP contribution in [0.3, 0.4) is 0 Å². The average Bonchev–Trinajstić information content (AvgIpc) is 3.20. The van der Waals surface area contributed by atoms with Gasteiger partial charge in [0.15, 0.2) is 11.7 Å². The number of hydrogen-bond acceptors (Lipinski definition) is 5. The van der Waals surface area contributed by atoms with Gasteiger partial charge in [-0.2, -0.15) is 0 Å². The Morgan fingerprint density at radius 2 is 1.71 bits per heavy atom. The Hall–Kier alpha value is -2.97. The van der Waals surface area contributed by atoms with Crippen molar-refractivity contribution in [2.45, 2.75) is 45.0 Å². The number of benzene rings is 2. The van der Waals surface area contributed by atoms with E-state index in [1.807, 2.05) is 42.5 Å². The van der Waals surface area contributed by atoms with E-state index >= 15 is 0 Å². The molecule has 1 heterocycles. The molecule has 0 aliphatic rings. The fourth-order valence-electron chi connectivity index (χ4n) is 3.04. The molecule has 2 aromatic carbocycles. The maximum Gasteiger partial charge on any atom is 0.220 e. The van der Waals surface area contributed by atoms with E-state index in [1.54, 1.807) is 32.2 Å². The topological polar surface area (TPSA) is 101 Å². The highest BCUT2D eigenvalue weighted by Crippen LogP contribution is 2.20. The van der Waals surface area contributed by atoms with E-state index in [4.69, 9.17) is 4.42 Å². The summed E-state index contributed by atoms with van der Waals surface area (Å²) < 4.78 is 32.3. The third-order valence-corrected chi connectivity index (χ3v) is 6.01. The van der Waals surface area contributed by atoms with Crippen molar-refractivity contribution in [3.63, 3.8) is 0 Å². The lowest BCUT2D eigenvalue weighted by Gasteiger charge is -2.10. The van der Waals surface area contributed by atoms with E-state index in [2.05, 4.69) is 15.0 Å². The molecule has 0 aliphatic carbocycles. The summed E-state index contributed by atoms with van der Waals surface area (Å²) in [6.07, 6.45) is 2.35. The zero-order valence-corrected chi connectivity index (χ0v) is 18.5. The molecule has 0 saturated carbocycles. The van der Waals surface area contributed by atoms with Crippen molar-refractivity contribution in [1.82, 2.24) is 15.0 Å². The Morgan fingerprint density at radius 1 is 1.03 bits per heavy atom. The number of nitrogens with one attached hydrogen (secondary N) is 2. The van der Waals surface area contributed by atoms with Gasteiger partial charge in [0.1, 0.15) is 0 Å². The second-order valence-electron chi connectivity index (χ2n) is 7.61. The number of nitrogens with zero attached hydrogens (tertiary/aromatic N) is 1. The Morgan fingerprint density at radius 3 is 2.39 bits per heavy atom. The summed E-state index contributed by atoms with van der Waals surface area (Å²) in [5.41, 5.74) is 2.54. The molecule has 7 nitrogen and oxygen atoms in total. The summed E-state index contributed by atoms with van der Waals surface area (Å²) in [5, 5.41) is 2.86. The highest BCUT2D eigenvalue weighted by Gasteiger charge is 2.13. The number of carbonyl (C=O) groups excluding carboxylic acids is 1. The molecule has 164 valence electrons. The van der Waals surface area contributed by atoms with Crippen LogP contribution < -0.4 is 10.0 Å². The van der Waals surface area contributed by atoms with E-state index in [0.717, 1.165) is 11.1 Å². The molecule has 0 radical (unpaired) electrons. The molecule has 0 unspecified atom stereocenters. The van der Waals surface area contributed by atoms with Crippen LogP contribution in [0.1, 0.15) is 37.3 Å². The largest absolute Gasteiger partial charge is 0.441 e. The Kier molecular flexibility index (Phi) is 7.59. The number of aromatic nitrogens is 1. The number of sulfonamides is 1. The normalized spacial score (nSPS) is 11.6. The van der Waals surface area contributed by atoms with Crippen LogP contribution in [0.4, 0.5) is 0 Å². The van der Waals surface area contributed by atoms with Crippen molar-refractivity contribution in [3.05, 3.63) is 77.8 Å². The van der Waals surface area contributed by atoms with Gasteiger partial charge in [-0.15, -0.1) is 0 Å². The summed E-state index contributed by atoms with van der Waals surface area (Å²) in [6.45, 7) is 3.94. The van der Waals surface area contributed by atoms with Gasteiger partial charge in [-0.05, 0) is 25.0 Å². The maximum atomic E-state index is 12.2. The van der Waals surface area contributed by atoms with Gasteiger partial charge in [-0.3, -0.25) is 4.79 Å². The highest BCUT2D eigenvalue weighted by molar-refractivity contribution is 7.88. The third kappa shape index (κ3) is 7.34. The standard InChI is InChI=1S/C23H27N3O4S/c1-17(2)26-31(28,29)16-19-10-8-18(9-11-19)14-24-22(27)12-13-23-25-15-21(30-23)20-6-4-3-5-7-20/h3-11,15,17,26H,12-14,16H2,1-2H3,(H,24,27). The molecule has 1 amide bonds. The SMILES string of the molecule is CC(C)NS(=O)(=O)Cc1ccc(CNC(=O)CCc2ncc(-c3ccccc3)o2)cc1. The molecule has 0 bridgehead atoms. The molecule has 3 aromatic rings. The summed E-state index contributed by atoms with van der Waals surface area (Å²) >= 11 is 0. The van der Waals surface area contributed by atoms with Crippen LogP contribution in [0.5, 0.6) is 0 Å². The van der Waals surface area contributed by atoms with Gasteiger partial charge >= 0.3 is 0 Å². The first-order chi connectivity index (χ1) is 14.8. The second-order valence-corrected chi connectivity index (χ2v) is 9.36. The smallest absolute Gasteiger partial charge is 0.220 e. The van der Waals surface area contributed by atoms with E-state index < -0.39 is 10.0 Å². The van der Waals surface area contributed by atoms with Gasteiger partial charge in [0, 0.05) is 31.0 Å². The predicted octanol–water partition coefficient (Wildman–Crippen LogP) is 3.42. The number of oxazole rings is 1. The first kappa shape index (κ1) is 22.7. The first-order valence-electron chi connectivity index (χ1n) is 10.2. The number of carbonyl (C=O) groups is 1. The lowest BCUT2D eigenvalue weighted by atomic mass is 10.1. The third-order valence-electron chi connectivity index (χ3n) is 4.46. The van der Waals surface area contributed by atoms with Crippen LogP contribution in [0.15, 0.2) is 65.2 Å². The van der Waals surface area contributed by atoms with Crippen molar-refractivity contribution < 1.29 is 17.6 Å². The lowest BCUT2D eigenvalue weighted by Crippen LogP contribution is -2.31. The molecule has 0 aliphatic heterocycles. The van der Waals surface area contributed by atoms with Crippen LogP contribution >= 0.6 is 0 Å². The van der Waals surface area contributed by atoms with Crippen LogP contribution in [0.25, 0.3) is 11.3 Å². The molecule has 2 N–H and O–H groups in total. The Bertz CT molecular complexity index is 1090. The molecule has 1 aromatic heterocycles. The minimum atomic E-state index is -3.36. The zero-order chi connectivity index (χ0) is 22.3. The lowest BCUT2D eigenvalue weighted by molar-refractivity contribution is -0.121. The van der Waals surface area contributed by atoms with Crippen LogP contribution in [0.2, 0.25) is 0 Å². The zero-order valence-electron chi connectivity index (χ0n) is 17.7. The van der Waals surface area contributed by atoms with Crippen molar-refractivity contribution >= 4 is 15.9 Å². The summed E-state index contributed by atoms with van der Waals surface area (Å²) in [4.78, 5) is 16.4. The Labute approximate surface area is 183 Å². The number of hydrogen-bond donors (Lipinski definition) is 2. The van der Waals surface area contributed by atoms with E-state index in [1.165, 1.54) is 0 Å². The van der Waals surface area contributed by atoms with Crippen molar-refractivity contribution in [3.8, 4) is 11.3 Å². The molecule has 3 rings (SSSR count). The van der Waals surface area contributed by atoms with Crippen LogP contribution in [0, 0.1) is 0 Å². The monoisotopic (exact) mass is 441 g/mol. The minimum absolute atomic E-state index is 0.0705. The van der Waals surface area contributed by atoms with Gasteiger partial charge in [0.25, 0.3) is 0 Å². The first-order valence-corrected chi connectivity index (χ1v) is 11.8. The van der Waals surface area contributed by atoms with Gasteiger partial charge in [0.2, 0.25) is 15.9 Å². The number of rotatable bonds is 10. The molecule has 8 heteroatoms. The number of amides is 1. The van der Waals surface area contributed by atoms with Crippen molar-refractivity contribution in [1.29, 1.82) is 0 Å². The second kappa shape index (κ2) is 10.4. The molecule has 0 spiro atoms. The average molecular weight is 442 g/mol. The van der Waals surface area contributed by atoms with Gasteiger partial charge in [-0.25, -0.2) is 18.1 Å². The summed E-state index contributed by atoms with van der Waals surface area (Å²) in [5.74, 6) is 1.03.